The molecule has 0 aliphatic heterocycles. The van der Waals surface area contributed by atoms with Gasteiger partial charge in [0.25, 0.3) is 0 Å². The van der Waals surface area contributed by atoms with Crippen molar-refractivity contribution in [3.05, 3.63) is 24.3 Å². The quantitative estimate of drug-likeness (QED) is 0.398. The molecule has 0 aromatic rings. The second-order valence-corrected chi connectivity index (χ2v) is 3.37. The lowest BCUT2D eigenvalue weighted by Gasteiger charge is -1.99. The number of ether oxygens (including phenoxy) is 1. The molecule has 0 aliphatic carbocycles. The van der Waals surface area contributed by atoms with Gasteiger partial charge in [0.15, 0.2) is 0 Å². The molecule has 0 atom stereocenters. The molecule has 0 amide bonds. The number of hydrogen-bond donors (Lipinski definition) is 0. The standard InChI is InChI=1S/C13H24O/c1-3-5-7-8-9-11-13-14-12-10-6-4-2/h4,6-8H,3,5,9-13H2,1-2H3. The maximum atomic E-state index is 5.46. The van der Waals surface area contributed by atoms with Crippen LogP contribution in [0.3, 0.4) is 0 Å². The first-order valence-corrected chi connectivity index (χ1v) is 5.75. The molecule has 0 aromatic carbocycles. The Balaban J connectivity index is 2.98. The van der Waals surface area contributed by atoms with Crippen LogP contribution in [-0.2, 0) is 4.74 Å². The van der Waals surface area contributed by atoms with Crippen molar-refractivity contribution in [1.82, 2.24) is 0 Å². The predicted octanol–water partition coefficient (Wildman–Crippen LogP) is 4.11. The van der Waals surface area contributed by atoms with Crippen LogP contribution in [-0.4, -0.2) is 13.2 Å². The third kappa shape index (κ3) is 11.4. The van der Waals surface area contributed by atoms with E-state index in [2.05, 4.69) is 31.2 Å². The molecule has 1 heteroatoms. The minimum Gasteiger partial charge on any atom is -0.381 e. The summed E-state index contributed by atoms with van der Waals surface area (Å²) in [4.78, 5) is 0. The average molecular weight is 196 g/mol. The van der Waals surface area contributed by atoms with E-state index in [1.54, 1.807) is 0 Å². The van der Waals surface area contributed by atoms with Crippen molar-refractivity contribution in [3.8, 4) is 0 Å². The zero-order chi connectivity index (χ0) is 10.5. The molecule has 14 heavy (non-hydrogen) atoms. The fraction of sp³-hybridized carbons (Fsp3) is 0.692. The molecule has 82 valence electrons. The van der Waals surface area contributed by atoms with E-state index in [4.69, 9.17) is 4.74 Å². The molecule has 0 aromatic heterocycles. The highest BCUT2D eigenvalue weighted by Crippen LogP contribution is 1.96. The van der Waals surface area contributed by atoms with E-state index in [-0.39, 0.29) is 0 Å². The highest BCUT2D eigenvalue weighted by atomic mass is 16.5. The van der Waals surface area contributed by atoms with E-state index in [0.717, 1.165) is 32.5 Å². The molecule has 0 bridgehead atoms. The van der Waals surface area contributed by atoms with Crippen molar-refractivity contribution in [1.29, 1.82) is 0 Å². The van der Waals surface area contributed by atoms with Crippen LogP contribution in [0.5, 0.6) is 0 Å². The van der Waals surface area contributed by atoms with Gasteiger partial charge in [-0.15, -0.1) is 0 Å². The molecular weight excluding hydrogens is 172 g/mol. The van der Waals surface area contributed by atoms with Crippen molar-refractivity contribution in [3.63, 3.8) is 0 Å². The van der Waals surface area contributed by atoms with Crippen molar-refractivity contribution < 1.29 is 4.74 Å². The maximum Gasteiger partial charge on any atom is 0.0500 e. The van der Waals surface area contributed by atoms with Crippen molar-refractivity contribution >= 4 is 0 Å². The van der Waals surface area contributed by atoms with E-state index in [1.165, 1.54) is 12.8 Å². The Morgan fingerprint density at radius 3 is 2.43 bits per heavy atom. The first-order valence-electron chi connectivity index (χ1n) is 5.75. The molecule has 0 saturated heterocycles. The minimum absolute atomic E-state index is 0.864. The third-order valence-electron chi connectivity index (χ3n) is 1.95. The summed E-state index contributed by atoms with van der Waals surface area (Å²) in [6.45, 7) is 6.00. The maximum absolute atomic E-state index is 5.46. The van der Waals surface area contributed by atoms with E-state index in [1.807, 2.05) is 6.92 Å². The Kier molecular flexibility index (Phi) is 11.9. The van der Waals surface area contributed by atoms with Gasteiger partial charge < -0.3 is 4.74 Å². The van der Waals surface area contributed by atoms with Gasteiger partial charge in [0.1, 0.15) is 0 Å². The van der Waals surface area contributed by atoms with Gasteiger partial charge in [0.2, 0.25) is 0 Å². The Labute approximate surface area is 88.9 Å². The van der Waals surface area contributed by atoms with Crippen molar-refractivity contribution in [2.24, 2.45) is 0 Å². The van der Waals surface area contributed by atoms with Crippen LogP contribution in [0.1, 0.15) is 46.0 Å². The number of rotatable bonds is 9. The first kappa shape index (κ1) is 13.4. The lowest BCUT2D eigenvalue weighted by atomic mass is 10.2. The SMILES string of the molecule is CC=CCCOCCCC=CCCC. The molecular formula is C13H24O. The minimum atomic E-state index is 0.864. The first-order chi connectivity index (χ1) is 6.91. The lowest BCUT2D eigenvalue weighted by molar-refractivity contribution is 0.137. The summed E-state index contributed by atoms with van der Waals surface area (Å²) >= 11 is 0. The summed E-state index contributed by atoms with van der Waals surface area (Å²) in [5.74, 6) is 0. The van der Waals surface area contributed by atoms with Crippen LogP contribution < -0.4 is 0 Å². The molecule has 0 radical (unpaired) electrons. The number of unbranched alkanes of at least 4 members (excludes halogenated alkanes) is 2. The smallest absolute Gasteiger partial charge is 0.0500 e. The summed E-state index contributed by atoms with van der Waals surface area (Å²) in [5, 5.41) is 0. The van der Waals surface area contributed by atoms with E-state index >= 15 is 0 Å². The average Bonchev–Trinajstić information content (AvgIpc) is 2.21. The van der Waals surface area contributed by atoms with Crippen LogP contribution in [0.4, 0.5) is 0 Å². The summed E-state index contributed by atoms with van der Waals surface area (Å²) in [7, 11) is 0. The zero-order valence-corrected chi connectivity index (χ0v) is 9.67. The molecule has 1 nitrogen and oxygen atoms in total. The fourth-order valence-electron chi connectivity index (χ4n) is 1.13. The molecule has 0 aliphatic rings. The number of allylic oxidation sites excluding steroid dienone is 3. The van der Waals surface area contributed by atoms with E-state index in [9.17, 15) is 0 Å². The van der Waals surface area contributed by atoms with E-state index in [0.29, 0.717) is 0 Å². The second kappa shape index (κ2) is 12.4. The van der Waals surface area contributed by atoms with Gasteiger partial charge in [0.05, 0.1) is 6.61 Å². The van der Waals surface area contributed by atoms with Crippen molar-refractivity contribution in [2.75, 3.05) is 13.2 Å². The van der Waals surface area contributed by atoms with Crippen LogP contribution >= 0.6 is 0 Å². The summed E-state index contributed by atoms with van der Waals surface area (Å²) < 4.78 is 5.46. The summed E-state index contributed by atoms with van der Waals surface area (Å²) in [5.41, 5.74) is 0. The largest absolute Gasteiger partial charge is 0.381 e. The van der Waals surface area contributed by atoms with Gasteiger partial charge in [-0.05, 0) is 32.6 Å². The summed E-state index contributed by atoms with van der Waals surface area (Å²) in [6, 6.07) is 0. The van der Waals surface area contributed by atoms with Gasteiger partial charge in [-0.2, -0.15) is 0 Å². The van der Waals surface area contributed by atoms with E-state index < -0.39 is 0 Å². The molecule has 0 spiro atoms. The fourth-order valence-corrected chi connectivity index (χ4v) is 1.13. The molecule has 0 saturated carbocycles. The Morgan fingerprint density at radius 2 is 1.71 bits per heavy atom. The second-order valence-electron chi connectivity index (χ2n) is 3.37. The third-order valence-corrected chi connectivity index (χ3v) is 1.95. The van der Waals surface area contributed by atoms with Gasteiger partial charge in [-0.25, -0.2) is 0 Å². The Morgan fingerprint density at radius 1 is 0.929 bits per heavy atom. The highest BCUT2D eigenvalue weighted by Gasteiger charge is 1.85. The van der Waals surface area contributed by atoms with Crippen LogP contribution in [0.25, 0.3) is 0 Å². The highest BCUT2D eigenvalue weighted by molar-refractivity contribution is 4.80. The van der Waals surface area contributed by atoms with Crippen molar-refractivity contribution in [2.45, 2.75) is 46.0 Å². The monoisotopic (exact) mass is 196 g/mol. The lowest BCUT2D eigenvalue weighted by Crippen LogP contribution is -1.94. The van der Waals surface area contributed by atoms with Crippen LogP contribution in [0.15, 0.2) is 24.3 Å². The van der Waals surface area contributed by atoms with Crippen LogP contribution in [0, 0.1) is 0 Å². The van der Waals surface area contributed by atoms with Gasteiger partial charge in [0, 0.05) is 6.61 Å². The zero-order valence-electron chi connectivity index (χ0n) is 9.67. The molecule has 0 heterocycles. The summed E-state index contributed by atoms with van der Waals surface area (Å²) in [6.07, 6.45) is 14.5. The Bertz CT molecular complexity index is 147. The van der Waals surface area contributed by atoms with Gasteiger partial charge in [-0.1, -0.05) is 37.6 Å². The topological polar surface area (TPSA) is 9.23 Å². The molecule has 0 fully saturated rings. The molecule has 0 N–H and O–H groups in total. The normalized spacial score (nSPS) is 11.9. The van der Waals surface area contributed by atoms with Crippen LogP contribution in [0.2, 0.25) is 0 Å². The predicted molar refractivity (Wildman–Crippen MR) is 63.5 cm³/mol. The van der Waals surface area contributed by atoms with Gasteiger partial charge in [-0.3, -0.25) is 0 Å². The number of hydrogen-bond acceptors (Lipinski definition) is 1. The molecule has 0 rings (SSSR count). The van der Waals surface area contributed by atoms with Gasteiger partial charge >= 0.3 is 0 Å². The Hall–Kier alpha value is -0.560. The molecule has 0 unspecified atom stereocenters.